The van der Waals surface area contributed by atoms with E-state index in [1.54, 1.807) is 16.8 Å². The zero-order valence-electron chi connectivity index (χ0n) is 10.8. The Morgan fingerprint density at radius 1 is 1.28 bits per heavy atom. The Hall–Kier alpha value is -1.84. The lowest BCUT2D eigenvalue weighted by atomic mass is 10.1. The third-order valence-corrected chi connectivity index (χ3v) is 3.01. The van der Waals surface area contributed by atoms with Crippen molar-refractivity contribution in [2.24, 2.45) is 0 Å². The van der Waals surface area contributed by atoms with E-state index in [0.29, 0.717) is 6.54 Å². The van der Waals surface area contributed by atoms with Crippen molar-refractivity contribution in [3.05, 3.63) is 57.3 Å². The lowest BCUT2D eigenvalue weighted by Crippen LogP contribution is -2.20. The minimum Gasteiger partial charge on any atom is -0.299 e. The van der Waals surface area contributed by atoms with Gasteiger partial charge in [-0.3, -0.25) is 9.89 Å². The molecule has 0 atom stereocenters. The summed E-state index contributed by atoms with van der Waals surface area (Å²) in [5, 5.41) is 3.07. The molecule has 2 aromatic rings. The maximum absolute atomic E-state index is 12.8. The molecule has 0 unspecified atom stereocenters. The zero-order valence-corrected chi connectivity index (χ0v) is 10.8. The minimum atomic E-state index is -0.267. The second-order valence-electron chi connectivity index (χ2n) is 4.82. The van der Waals surface area contributed by atoms with Crippen LogP contribution >= 0.6 is 0 Å². The van der Waals surface area contributed by atoms with Gasteiger partial charge in [0.05, 0.1) is 6.54 Å². The number of aryl methyl sites for hydroxylation is 1. The summed E-state index contributed by atoms with van der Waals surface area (Å²) in [5.74, 6) is -0.0696. The lowest BCUT2D eigenvalue weighted by molar-refractivity contribution is 0.622. The highest BCUT2D eigenvalue weighted by molar-refractivity contribution is 5.21. The molecule has 18 heavy (non-hydrogen) atoms. The van der Waals surface area contributed by atoms with Crippen LogP contribution in [0.2, 0.25) is 0 Å². The van der Waals surface area contributed by atoms with Crippen LogP contribution in [0.1, 0.15) is 36.6 Å². The van der Waals surface area contributed by atoms with Gasteiger partial charge >= 0.3 is 0 Å². The second-order valence-corrected chi connectivity index (χ2v) is 4.82. The van der Waals surface area contributed by atoms with Crippen molar-refractivity contribution in [1.82, 2.24) is 9.78 Å². The number of nitrogens with zero attached hydrogens (tertiary/aromatic N) is 1. The van der Waals surface area contributed by atoms with Gasteiger partial charge in [-0.05, 0) is 30.5 Å². The topological polar surface area (TPSA) is 37.8 Å². The number of hydrogen-bond acceptors (Lipinski definition) is 1. The fraction of sp³-hybridized carbons (Fsp3) is 0.357. The number of benzene rings is 1. The van der Waals surface area contributed by atoms with Crippen LogP contribution in [0.3, 0.4) is 0 Å². The highest BCUT2D eigenvalue weighted by Gasteiger charge is 2.14. The average molecular weight is 248 g/mol. The second kappa shape index (κ2) is 4.80. The molecule has 0 radical (unpaired) electrons. The fourth-order valence-electron chi connectivity index (χ4n) is 2.18. The molecule has 1 aromatic heterocycles. The molecule has 1 heterocycles. The summed E-state index contributed by atoms with van der Waals surface area (Å²) in [4.78, 5) is 12.2. The van der Waals surface area contributed by atoms with Crippen LogP contribution in [0.5, 0.6) is 0 Å². The van der Waals surface area contributed by atoms with Crippen molar-refractivity contribution in [2.75, 3.05) is 0 Å². The van der Waals surface area contributed by atoms with Gasteiger partial charge in [-0.2, -0.15) is 0 Å². The normalized spacial score (nSPS) is 11.2. The Balaban J connectivity index is 2.33. The van der Waals surface area contributed by atoms with Crippen LogP contribution < -0.4 is 5.56 Å². The predicted octanol–water partition coefficient (Wildman–Crippen LogP) is 2.80. The predicted molar refractivity (Wildman–Crippen MR) is 69.4 cm³/mol. The SMILES string of the molecule is Cc1[nH]n(Cc2ccc(F)cc2)c(=O)c1C(C)C. The number of halogens is 1. The van der Waals surface area contributed by atoms with Gasteiger partial charge in [0.1, 0.15) is 5.82 Å². The van der Waals surface area contributed by atoms with E-state index in [0.717, 1.165) is 16.8 Å². The first-order valence-corrected chi connectivity index (χ1v) is 6.02. The van der Waals surface area contributed by atoms with Gasteiger partial charge in [0.25, 0.3) is 5.56 Å². The van der Waals surface area contributed by atoms with E-state index in [2.05, 4.69) is 5.10 Å². The largest absolute Gasteiger partial charge is 0.299 e. The summed E-state index contributed by atoms with van der Waals surface area (Å²) in [6.07, 6.45) is 0. The first-order chi connectivity index (χ1) is 8.49. The number of hydrogen-bond donors (Lipinski definition) is 1. The van der Waals surface area contributed by atoms with Crippen LogP contribution in [-0.4, -0.2) is 9.78 Å². The summed E-state index contributed by atoms with van der Waals surface area (Å²) >= 11 is 0. The van der Waals surface area contributed by atoms with Crippen LogP contribution in [0, 0.1) is 12.7 Å². The summed E-state index contributed by atoms with van der Waals surface area (Å²) in [6, 6.07) is 6.18. The van der Waals surface area contributed by atoms with Crippen LogP contribution in [0.4, 0.5) is 4.39 Å². The van der Waals surface area contributed by atoms with Gasteiger partial charge in [-0.25, -0.2) is 9.07 Å². The van der Waals surface area contributed by atoms with Crippen molar-refractivity contribution in [3.8, 4) is 0 Å². The molecule has 1 aromatic carbocycles. The molecule has 0 amide bonds. The summed E-state index contributed by atoms with van der Waals surface area (Å²) in [6.45, 7) is 6.34. The van der Waals surface area contributed by atoms with Crippen molar-refractivity contribution in [1.29, 1.82) is 0 Å². The summed E-state index contributed by atoms with van der Waals surface area (Å²) < 4.78 is 14.4. The van der Waals surface area contributed by atoms with E-state index < -0.39 is 0 Å². The molecule has 0 fully saturated rings. The van der Waals surface area contributed by atoms with Crippen LogP contribution in [0.25, 0.3) is 0 Å². The Morgan fingerprint density at radius 3 is 2.39 bits per heavy atom. The van der Waals surface area contributed by atoms with Crippen molar-refractivity contribution in [3.63, 3.8) is 0 Å². The van der Waals surface area contributed by atoms with Gasteiger partial charge in [-0.1, -0.05) is 26.0 Å². The molecule has 3 nitrogen and oxygen atoms in total. The quantitative estimate of drug-likeness (QED) is 0.891. The lowest BCUT2D eigenvalue weighted by Gasteiger charge is -2.02. The van der Waals surface area contributed by atoms with Crippen LogP contribution in [-0.2, 0) is 6.54 Å². The Bertz CT molecular complexity index is 593. The molecular weight excluding hydrogens is 231 g/mol. The van der Waals surface area contributed by atoms with Gasteiger partial charge in [0.15, 0.2) is 0 Å². The number of nitrogens with one attached hydrogen (secondary N) is 1. The Labute approximate surface area is 105 Å². The van der Waals surface area contributed by atoms with E-state index in [1.165, 1.54) is 12.1 Å². The maximum Gasteiger partial charge on any atom is 0.270 e. The first kappa shape index (κ1) is 12.6. The molecule has 2 rings (SSSR count). The molecule has 0 aliphatic carbocycles. The molecule has 96 valence electrons. The van der Waals surface area contributed by atoms with Crippen molar-refractivity contribution >= 4 is 0 Å². The Kier molecular flexibility index (Phi) is 3.36. The number of aromatic amines is 1. The minimum absolute atomic E-state index is 0.00632. The monoisotopic (exact) mass is 248 g/mol. The molecule has 0 spiro atoms. The van der Waals surface area contributed by atoms with Crippen molar-refractivity contribution in [2.45, 2.75) is 33.2 Å². The number of H-pyrrole nitrogens is 1. The Morgan fingerprint density at radius 2 is 1.89 bits per heavy atom. The molecule has 4 heteroatoms. The molecule has 0 aliphatic rings. The number of aromatic nitrogens is 2. The van der Waals surface area contributed by atoms with Gasteiger partial charge < -0.3 is 0 Å². The molecule has 0 bridgehead atoms. The highest BCUT2D eigenvalue weighted by Crippen LogP contribution is 2.13. The maximum atomic E-state index is 12.8. The third-order valence-electron chi connectivity index (χ3n) is 3.01. The van der Waals surface area contributed by atoms with E-state index in [4.69, 9.17) is 0 Å². The molecule has 0 saturated carbocycles. The van der Waals surface area contributed by atoms with E-state index in [1.807, 2.05) is 20.8 Å². The average Bonchev–Trinajstić information content (AvgIpc) is 2.57. The number of rotatable bonds is 3. The molecule has 0 aliphatic heterocycles. The van der Waals surface area contributed by atoms with E-state index in [9.17, 15) is 9.18 Å². The molecular formula is C14H17FN2O. The highest BCUT2D eigenvalue weighted by atomic mass is 19.1. The zero-order chi connectivity index (χ0) is 13.3. The van der Waals surface area contributed by atoms with Gasteiger partial charge in [0.2, 0.25) is 0 Å². The van der Waals surface area contributed by atoms with Gasteiger partial charge in [0, 0.05) is 11.3 Å². The van der Waals surface area contributed by atoms with Gasteiger partial charge in [-0.15, -0.1) is 0 Å². The fourth-order valence-corrected chi connectivity index (χ4v) is 2.18. The molecule has 1 N–H and O–H groups in total. The smallest absolute Gasteiger partial charge is 0.270 e. The third kappa shape index (κ3) is 2.37. The standard InChI is InChI=1S/C14H17FN2O/c1-9(2)13-10(3)16-17(14(13)18)8-11-4-6-12(15)7-5-11/h4-7,9,16H,8H2,1-3H3. The molecule has 0 saturated heterocycles. The van der Waals surface area contributed by atoms with E-state index >= 15 is 0 Å². The first-order valence-electron chi connectivity index (χ1n) is 6.02. The summed E-state index contributed by atoms with van der Waals surface area (Å²) in [7, 11) is 0. The summed E-state index contributed by atoms with van der Waals surface area (Å²) in [5.41, 5.74) is 2.62. The van der Waals surface area contributed by atoms with Crippen molar-refractivity contribution < 1.29 is 4.39 Å². The van der Waals surface area contributed by atoms with Crippen LogP contribution in [0.15, 0.2) is 29.1 Å². The van der Waals surface area contributed by atoms with E-state index in [-0.39, 0.29) is 17.3 Å².